The second kappa shape index (κ2) is 51.5. The number of rotatable bonds is 49. The van der Waals surface area contributed by atoms with Gasteiger partial charge in [0.05, 0.1) is 25.4 Å². The van der Waals surface area contributed by atoms with Crippen LogP contribution in [0.15, 0.2) is 48.6 Å². The van der Waals surface area contributed by atoms with E-state index in [0.717, 1.165) is 57.8 Å². The summed E-state index contributed by atoms with van der Waals surface area (Å²) in [6, 6.07) is -0.632. The Hall–Kier alpha value is -2.18. The molecule has 0 aromatic rings. The molecule has 0 aliphatic carbocycles. The zero-order valence-corrected chi connectivity index (χ0v) is 41.1. The molecule has 0 aromatic carbocycles. The van der Waals surface area contributed by atoms with Crippen molar-refractivity contribution in [3.63, 3.8) is 0 Å². The number of allylic oxidation sites excluding steroid dienone is 7. The van der Waals surface area contributed by atoms with E-state index < -0.39 is 12.1 Å². The first-order valence-corrected chi connectivity index (χ1v) is 26.9. The zero-order valence-electron chi connectivity index (χ0n) is 41.1. The van der Waals surface area contributed by atoms with Crippen LogP contribution in [0, 0.1) is 0 Å². The number of carbonyl (C=O) groups is 2. The van der Waals surface area contributed by atoms with Crippen LogP contribution in [-0.2, 0) is 14.3 Å². The van der Waals surface area contributed by atoms with Crippen LogP contribution in [0.25, 0.3) is 0 Å². The highest BCUT2D eigenvalue weighted by molar-refractivity contribution is 5.76. The molecule has 6 nitrogen and oxygen atoms in total. The summed E-state index contributed by atoms with van der Waals surface area (Å²) >= 11 is 0. The standard InChI is InChI=1S/C56H103NO5/c1-3-5-7-9-11-13-15-16-27-30-34-38-42-46-50-56(61)62-51-47-43-39-35-31-28-25-23-21-19-17-18-20-22-24-26-29-33-37-41-45-49-55(60)57-53(52-58)54(59)48-44-40-36-32-14-12-10-8-6-4-2/h9,11,15-16,18,20,44,48,53-54,58-59H,3-8,10,12-14,17,19,21-43,45-47,49-52H2,1-2H3,(H,57,60)/b11-9-,16-15-,20-18-,48-44+. The van der Waals surface area contributed by atoms with Gasteiger partial charge in [-0.3, -0.25) is 9.59 Å². The number of ether oxygens (including phenoxy) is 1. The number of nitrogens with one attached hydrogen (secondary N) is 1. The molecule has 62 heavy (non-hydrogen) atoms. The van der Waals surface area contributed by atoms with Crippen molar-refractivity contribution in [2.45, 2.75) is 283 Å². The van der Waals surface area contributed by atoms with Gasteiger partial charge in [0.25, 0.3) is 0 Å². The highest BCUT2D eigenvalue weighted by Gasteiger charge is 2.18. The number of hydrogen-bond acceptors (Lipinski definition) is 5. The topological polar surface area (TPSA) is 95.9 Å². The molecule has 0 aliphatic rings. The molecule has 0 spiro atoms. The third-order valence-electron chi connectivity index (χ3n) is 12.1. The van der Waals surface area contributed by atoms with Crippen LogP contribution < -0.4 is 5.32 Å². The van der Waals surface area contributed by atoms with Crippen molar-refractivity contribution < 1.29 is 24.5 Å². The average molecular weight is 870 g/mol. The molecule has 0 saturated carbocycles. The fourth-order valence-electron chi connectivity index (χ4n) is 7.88. The van der Waals surface area contributed by atoms with Crippen LogP contribution in [0.4, 0.5) is 0 Å². The van der Waals surface area contributed by atoms with Crippen LogP contribution in [0.5, 0.6) is 0 Å². The van der Waals surface area contributed by atoms with Gasteiger partial charge < -0.3 is 20.3 Å². The van der Waals surface area contributed by atoms with E-state index in [2.05, 4.69) is 55.6 Å². The average Bonchev–Trinajstić information content (AvgIpc) is 3.27. The highest BCUT2D eigenvalue weighted by Crippen LogP contribution is 2.15. The van der Waals surface area contributed by atoms with E-state index in [1.54, 1.807) is 6.08 Å². The summed E-state index contributed by atoms with van der Waals surface area (Å²) in [5, 5.41) is 22.9. The third kappa shape index (κ3) is 47.3. The van der Waals surface area contributed by atoms with E-state index in [-0.39, 0.29) is 18.5 Å². The quantitative estimate of drug-likeness (QED) is 0.0322. The Morgan fingerprint density at radius 3 is 1.29 bits per heavy atom. The molecular weight excluding hydrogens is 767 g/mol. The van der Waals surface area contributed by atoms with Gasteiger partial charge in [-0.2, -0.15) is 0 Å². The van der Waals surface area contributed by atoms with Gasteiger partial charge in [0.2, 0.25) is 5.91 Å². The number of amides is 1. The maximum atomic E-state index is 12.4. The summed E-state index contributed by atoms with van der Waals surface area (Å²) in [5.41, 5.74) is 0. The molecule has 0 aromatic heterocycles. The van der Waals surface area contributed by atoms with Crippen LogP contribution >= 0.6 is 0 Å². The van der Waals surface area contributed by atoms with Gasteiger partial charge in [-0.05, 0) is 83.5 Å². The fraction of sp³-hybridized carbons (Fsp3) is 0.821. The molecule has 3 N–H and O–H groups in total. The highest BCUT2D eigenvalue weighted by atomic mass is 16.5. The molecule has 0 saturated heterocycles. The molecule has 0 fully saturated rings. The number of unbranched alkanes of at least 4 members (excludes halogenated alkanes) is 32. The molecule has 6 heteroatoms. The van der Waals surface area contributed by atoms with Gasteiger partial charge in [-0.1, -0.05) is 223 Å². The summed E-state index contributed by atoms with van der Waals surface area (Å²) < 4.78 is 5.46. The van der Waals surface area contributed by atoms with Crippen molar-refractivity contribution in [1.29, 1.82) is 0 Å². The minimum Gasteiger partial charge on any atom is -0.466 e. The second-order valence-electron chi connectivity index (χ2n) is 18.2. The lowest BCUT2D eigenvalue weighted by Crippen LogP contribution is -2.45. The van der Waals surface area contributed by atoms with E-state index in [1.165, 1.54) is 186 Å². The van der Waals surface area contributed by atoms with Crippen molar-refractivity contribution in [3.8, 4) is 0 Å². The maximum Gasteiger partial charge on any atom is 0.305 e. The number of carbonyl (C=O) groups excluding carboxylic acids is 2. The van der Waals surface area contributed by atoms with Gasteiger partial charge >= 0.3 is 5.97 Å². The Kier molecular flexibility index (Phi) is 49.6. The molecule has 0 heterocycles. The second-order valence-corrected chi connectivity index (χ2v) is 18.2. The zero-order chi connectivity index (χ0) is 45.1. The van der Waals surface area contributed by atoms with Gasteiger partial charge in [-0.25, -0.2) is 0 Å². The minimum atomic E-state index is -0.848. The largest absolute Gasteiger partial charge is 0.466 e. The van der Waals surface area contributed by atoms with Crippen molar-refractivity contribution in [2.75, 3.05) is 13.2 Å². The number of hydrogen-bond donors (Lipinski definition) is 3. The SMILES string of the molecule is CCCC/C=C\C/C=C\CCCCCCCC(=O)OCCCCCCCCCCCC/C=C\CCCCCCCCCC(=O)NC(CO)C(O)/C=C/CCCCCCCCCC. The Bertz CT molecular complexity index is 1050. The molecule has 2 atom stereocenters. The monoisotopic (exact) mass is 870 g/mol. The minimum absolute atomic E-state index is 0.00806. The van der Waals surface area contributed by atoms with Crippen LogP contribution in [-0.4, -0.2) is 47.4 Å². The van der Waals surface area contributed by atoms with E-state index in [1.807, 2.05) is 6.08 Å². The van der Waals surface area contributed by atoms with Crippen molar-refractivity contribution >= 4 is 11.9 Å². The number of aliphatic hydroxyl groups is 2. The Morgan fingerprint density at radius 1 is 0.452 bits per heavy atom. The van der Waals surface area contributed by atoms with Crippen molar-refractivity contribution in [2.24, 2.45) is 0 Å². The normalized spacial score (nSPS) is 13.0. The lowest BCUT2D eigenvalue weighted by molar-refractivity contribution is -0.143. The van der Waals surface area contributed by atoms with E-state index >= 15 is 0 Å². The smallest absolute Gasteiger partial charge is 0.305 e. The Balaban J connectivity index is 3.44. The molecule has 0 aliphatic heterocycles. The van der Waals surface area contributed by atoms with Gasteiger partial charge in [0.1, 0.15) is 0 Å². The van der Waals surface area contributed by atoms with E-state index in [9.17, 15) is 19.8 Å². The van der Waals surface area contributed by atoms with Gasteiger partial charge in [0, 0.05) is 12.8 Å². The summed E-state index contributed by atoms with van der Waals surface area (Å²) in [6.45, 7) is 4.82. The summed E-state index contributed by atoms with van der Waals surface area (Å²) in [5.74, 6) is -0.0871. The molecular formula is C56H103NO5. The maximum absolute atomic E-state index is 12.4. The van der Waals surface area contributed by atoms with Crippen LogP contribution in [0.2, 0.25) is 0 Å². The van der Waals surface area contributed by atoms with E-state index in [4.69, 9.17) is 4.74 Å². The first-order chi connectivity index (χ1) is 30.5. The lowest BCUT2D eigenvalue weighted by atomic mass is 10.0. The van der Waals surface area contributed by atoms with Crippen LogP contribution in [0.3, 0.4) is 0 Å². The molecule has 2 unspecified atom stereocenters. The summed E-state index contributed by atoms with van der Waals surface area (Å²) in [6.07, 6.45) is 64.1. The molecule has 1 amide bonds. The third-order valence-corrected chi connectivity index (χ3v) is 12.1. The van der Waals surface area contributed by atoms with Crippen LogP contribution in [0.1, 0.15) is 271 Å². The summed E-state index contributed by atoms with van der Waals surface area (Å²) in [7, 11) is 0. The Morgan fingerprint density at radius 2 is 0.823 bits per heavy atom. The fourth-order valence-corrected chi connectivity index (χ4v) is 7.88. The lowest BCUT2D eigenvalue weighted by Gasteiger charge is -2.20. The van der Waals surface area contributed by atoms with Gasteiger partial charge in [0.15, 0.2) is 0 Å². The molecule has 0 radical (unpaired) electrons. The van der Waals surface area contributed by atoms with Crippen molar-refractivity contribution in [3.05, 3.63) is 48.6 Å². The summed E-state index contributed by atoms with van der Waals surface area (Å²) in [4.78, 5) is 24.4. The van der Waals surface area contributed by atoms with Crippen molar-refractivity contribution in [1.82, 2.24) is 5.32 Å². The molecule has 362 valence electrons. The number of aliphatic hydroxyl groups excluding tert-OH is 2. The first kappa shape index (κ1) is 59.8. The number of esters is 1. The predicted octanol–water partition coefficient (Wildman–Crippen LogP) is 16.2. The molecule has 0 bridgehead atoms. The predicted molar refractivity (Wildman–Crippen MR) is 269 cm³/mol. The van der Waals surface area contributed by atoms with E-state index in [0.29, 0.717) is 19.4 Å². The molecule has 0 rings (SSSR count). The first-order valence-electron chi connectivity index (χ1n) is 26.9. The van der Waals surface area contributed by atoms with Gasteiger partial charge in [-0.15, -0.1) is 0 Å². The Labute approximate surface area is 385 Å².